The highest BCUT2D eigenvalue weighted by atomic mass is 32.2. The predicted octanol–water partition coefficient (Wildman–Crippen LogP) is 5.09. The van der Waals surface area contributed by atoms with Gasteiger partial charge in [0.1, 0.15) is 12.6 Å². The number of carbonyl (C=O) groups excluding carboxylic acids is 2. The van der Waals surface area contributed by atoms with Gasteiger partial charge in [0, 0.05) is 13.1 Å². The van der Waals surface area contributed by atoms with Crippen molar-refractivity contribution >= 4 is 27.5 Å². The lowest BCUT2D eigenvalue weighted by atomic mass is 10.1. The number of aryl methyl sites for hydroxylation is 2. The molecule has 0 aliphatic heterocycles. The number of benzene rings is 3. The molecule has 3 aromatic carbocycles. The molecule has 0 bridgehead atoms. The Balaban J connectivity index is 2.03. The van der Waals surface area contributed by atoms with Gasteiger partial charge in [0.05, 0.1) is 10.6 Å². The van der Waals surface area contributed by atoms with Crippen molar-refractivity contribution in [1.29, 1.82) is 0 Å². The monoisotopic (exact) mass is 549 g/mol. The fourth-order valence-electron chi connectivity index (χ4n) is 4.32. The first-order chi connectivity index (χ1) is 18.7. The maximum absolute atomic E-state index is 14.0. The van der Waals surface area contributed by atoms with Crippen LogP contribution in [0, 0.1) is 6.92 Å². The minimum absolute atomic E-state index is 0.0928. The Hall–Kier alpha value is -3.65. The summed E-state index contributed by atoms with van der Waals surface area (Å²) in [5, 5.41) is 2.90. The number of hydrogen-bond acceptors (Lipinski definition) is 4. The van der Waals surface area contributed by atoms with Gasteiger partial charge in [0.15, 0.2) is 0 Å². The number of amides is 2. The van der Waals surface area contributed by atoms with E-state index in [2.05, 4.69) is 5.32 Å². The lowest BCUT2D eigenvalue weighted by Crippen LogP contribution is -2.52. The molecule has 3 aromatic rings. The standard InChI is InChI=1S/C31H39N3O4S/c1-5-21-32-31(36)29(7-3)33(22-26-15-13-24(4)14-16-26)30(35)23-34(27-19-17-25(6-2)18-20-27)39(37,38)28-11-9-8-10-12-28/h8-20,29H,5-7,21-23H2,1-4H3,(H,32,36)/t29-/m0/s1. The smallest absolute Gasteiger partial charge is 0.264 e. The Kier molecular flexibility index (Phi) is 10.7. The molecule has 0 saturated heterocycles. The summed E-state index contributed by atoms with van der Waals surface area (Å²) >= 11 is 0. The van der Waals surface area contributed by atoms with E-state index in [1.54, 1.807) is 30.3 Å². The first-order valence-electron chi connectivity index (χ1n) is 13.5. The summed E-state index contributed by atoms with van der Waals surface area (Å²) in [7, 11) is -4.06. The highest BCUT2D eigenvalue weighted by molar-refractivity contribution is 7.92. The van der Waals surface area contributed by atoms with E-state index in [4.69, 9.17) is 0 Å². The van der Waals surface area contributed by atoms with Gasteiger partial charge in [0.2, 0.25) is 11.8 Å². The molecule has 0 heterocycles. The van der Waals surface area contributed by atoms with Crippen molar-refractivity contribution in [3.05, 3.63) is 95.6 Å². The van der Waals surface area contributed by atoms with E-state index in [1.807, 2.05) is 64.1 Å². The minimum Gasteiger partial charge on any atom is -0.354 e. The van der Waals surface area contributed by atoms with Gasteiger partial charge >= 0.3 is 0 Å². The number of nitrogens with one attached hydrogen (secondary N) is 1. The molecular weight excluding hydrogens is 510 g/mol. The average molecular weight is 550 g/mol. The first kappa shape index (κ1) is 29.9. The van der Waals surface area contributed by atoms with Crippen LogP contribution in [0.4, 0.5) is 5.69 Å². The Labute approximate surface area is 232 Å². The van der Waals surface area contributed by atoms with Crippen LogP contribution in [0.5, 0.6) is 0 Å². The second kappa shape index (κ2) is 13.9. The van der Waals surface area contributed by atoms with E-state index in [-0.39, 0.29) is 17.3 Å². The Bertz CT molecular complexity index is 1320. The fourth-order valence-corrected chi connectivity index (χ4v) is 5.76. The molecule has 0 aromatic heterocycles. The van der Waals surface area contributed by atoms with E-state index in [1.165, 1.54) is 17.0 Å². The summed E-state index contributed by atoms with van der Waals surface area (Å²) in [5.41, 5.74) is 3.39. The van der Waals surface area contributed by atoms with Crippen molar-refractivity contribution in [2.75, 3.05) is 17.4 Å². The lowest BCUT2D eigenvalue weighted by Gasteiger charge is -2.33. The largest absolute Gasteiger partial charge is 0.354 e. The van der Waals surface area contributed by atoms with Crippen LogP contribution in [-0.2, 0) is 32.6 Å². The predicted molar refractivity (Wildman–Crippen MR) is 156 cm³/mol. The molecule has 0 aliphatic carbocycles. The molecule has 0 saturated carbocycles. The lowest BCUT2D eigenvalue weighted by molar-refractivity contribution is -0.140. The van der Waals surface area contributed by atoms with Crippen molar-refractivity contribution in [2.24, 2.45) is 0 Å². The van der Waals surface area contributed by atoms with Crippen LogP contribution in [0.15, 0.2) is 83.8 Å². The van der Waals surface area contributed by atoms with Crippen LogP contribution in [0.2, 0.25) is 0 Å². The van der Waals surface area contributed by atoms with Gasteiger partial charge in [-0.3, -0.25) is 13.9 Å². The molecule has 1 atom stereocenters. The second-order valence-corrected chi connectivity index (χ2v) is 11.4. The Morgan fingerprint density at radius 1 is 0.846 bits per heavy atom. The van der Waals surface area contributed by atoms with Crippen molar-refractivity contribution in [3.8, 4) is 0 Å². The maximum atomic E-state index is 14.0. The van der Waals surface area contributed by atoms with Crippen LogP contribution >= 0.6 is 0 Å². The molecule has 39 heavy (non-hydrogen) atoms. The molecule has 7 nitrogen and oxygen atoms in total. The summed E-state index contributed by atoms with van der Waals surface area (Å²) in [6.45, 7) is 8.07. The zero-order valence-electron chi connectivity index (χ0n) is 23.3. The summed E-state index contributed by atoms with van der Waals surface area (Å²) in [6, 6.07) is 22.3. The molecule has 208 valence electrons. The summed E-state index contributed by atoms with van der Waals surface area (Å²) < 4.78 is 28.8. The summed E-state index contributed by atoms with van der Waals surface area (Å²) in [6.07, 6.45) is 1.97. The topological polar surface area (TPSA) is 86.8 Å². The van der Waals surface area contributed by atoms with E-state index in [9.17, 15) is 18.0 Å². The van der Waals surface area contributed by atoms with Crippen LogP contribution in [0.25, 0.3) is 0 Å². The third-order valence-electron chi connectivity index (χ3n) is 6.65. The number of anilines is 1. The number of carbonyl (C=O) groups is 2. The molecule has 0 unspecified atom stereocenters. The molecule has 1 N–H and O–H groups in total. The van der Waals surface area contributed by atoms with Crippen LogP contribution in [0.1, 0.15) is 50.3 Å². The van der Waals surface area contributed by atoms with Gasteiger partial charge in [-0.15, -0.1) is 0 Å². The normalized spacial score (nSPS) is 12.0. The minimum atomic E-state index is -4.06. The molecule has 0 spiro atoms. The van der Waals surface area contributed by atoms with E-state index in [0.29, 0.717) is 18.7 Å². The fraction of sp³-hybridized carbons (Fsp3) is 0.355. The maximum Gasteiger partial charge on any atom is 0.264 e. The van der Waals surface area contributed by atoms with E-state index in [0.717, 1.165) is 33.8 Å². The molecule has 0 fully saturated rings. The molecule has 3 rings (SSSR count). The molecule has 8 heteroatoms. The third-order valence-corrected chi connectivity index (χ3v) is 8.44. The molecule has 2 amide bonds. The second-order valence-electron chi connectivity index (χ2n) is 9.57. The van der Waals surface area contributed by atoms with Crippen molar-refractivity contribution in [3.63, 3.8) is 0 Å². The highest BCUT2D eigenvalue weighted by Crippen LogP contribution is 2.25. The van der Waals surface area contributed by atoms with Crippen LogP contribution in [-0.4, -0.2) is 44.3 Å². The quantitative estimate of drug-likeness (QED) is 0.322. The van der Waals surface area contributed by atoms with Gasteiger partial charge in [-0.05, 0) is 61.6 Å². The Morgan fingerprint density at radius 2 is 1.46 bits per heavy atom. The molecular formula is C31H39N3O4S. The van der Waals surface area contributed by atoms with Crippen molar-refractivity contribution in [1.82, 2.24) is 10.2 Å². The zero-order valence-corrected chi connectivity index (χ0v) is 24.1. The van der Waals surface area contributed by atoms with Gasteiger partial charge < -0.3 is 10.2 Å². The summed E-state index contributed by atoms with van der Waals surface area (Å²) in [4.78, 5) is 28.7. The SMILES string of the molecule is CCCNC(=O)[C@H](CC)N(Cc1ccc(C)cc1)C(=O)CN(c1ccc(CC)cc1)S(=O)(=O)c1ccccc1. The summed E-state index contributed by atoms with van der Waals surface area (Å²) in [5.74, 6) is -0.697. The molecule has 0 aliphatic rings. The van der Waals surface area contributed by atoms with Crippen molar-refractivity contribution < 1.29 is 18.0 Å². The first-order valence-corrected chi connectivity index (χ1v) is 14.9. The average Bonchev–Trinajstić information content (AvgIpc) is 2.96. The van der Waals surface area contributed by atoms with Crippen molar-refractivity contribution in [2.45, 2.75) is 64.4 Å². The van der Waals surface area contributed by atoms with E-state index < -0.39 is 28.5 Å². The van der Waals surface area contributed by atoms with Gasteiger partial charge in [-0.2, -0.15) is 0 Å². The van der Waals surface area contributed by atoms with E-state index >= 15 is 0 Å². The highest BCUT2D eigenvalue weighted by Gasteiger charge is 2.33. The third kappa shape index (κ3) is 7.69. The number of nitrogens with zero attached hydrogens (tertiary/aromatic N) is 2. The zero-order chi connectivity index (χ0) is 28.4. The van der Waals surface area contributed by atoms with Gasteiger partial charge in [-0.25, -0.2) is 8.42 Å². The molecule has 0 radical (unpaired) electrons. The van der Waals surface area contributed by atoms with Gasteiger partial charge in [-0.1, -0.05) is 80.9 Å². The van der Waals surface area contributed by atoms with Crippen LogP contribution in [0.3, 0.4) is 0 Å². The number of sulfonamides is 1. The van der Waals surface area contributed by atoms with Gasteiger partial charge in [0.25, 0.3) is 10.0 Å². The Morgan fingerprint density at radius 3 is 2.03 bits per heavy atom. The number of rotatable bonds is 13. The number of hydrogen-bond donors (Lipinski definition) is 1. The van der Waals surface area contributed by atoms with Crippen LogP contribution < -0.4 is 9.62 Å².